The van der Waals surface area contributed by atoms with Crippen molar-refractivity contribution in [2.75, 3.05) is 0 Å². The predicted molar refractivity (Wildman–Crippen MR) is 85.7 cm³/mol. The molecule has 3 aromatic rings. The number of hydrogen-bond donors (Lipinski definition) is 0. The van der Waals surface area contributed by atoms with Crippen LogP contribution >= 0.6 is 11.6 Å². The Balaban J connectivity index is 2.14. The molecular weight excluding hydrogens is 266 g/mol. The summed E-state index contributed by atoms with van der Waals surface area (Å²) in [4.78, 5) is 0. The van der Waals surface area contributed by atoms with E-state index in [9.17, 15) is 0 Å². The molecular formula is C18H16ClN. The second-order valence-corrected chi connectivity index (χ2v) is 5.47. The second-order valence-electron chi connectivity index (χ2n) is 5.04. The van der Waals surface area contributed by atoms with Crippen molar-refractivity contribution >= 4 is 11.6 Å². The Labute approximate surface area is 124 Å². The Morgan fingerprint density at radius 1 is 0.750 bits per heavy atom. The van der Waals surface area contributed by atoms with Crippen LogP contribution in [0.15, 0.2) is 60.7 Å². The Hall–Kier alpha value is -1.99. The molecule has 0 bridgehead atoms. The summed E-state index contributed by atoms with van der Waals surface area (Å²) in [5.41, 5.74) is 6.04. The Morgan fingerprint density at radius 3 is 2.05 bits per heavy atom. The lowest BCUT2D eigenvalue weighted by atomic mass is 10.1. The van der Waals surface area contributed by atoms with E-state index in [1.54, 1.807) is 0 Å². The van der Waals surface area contributed by atoms with Crippen molar-refractivity contribution in [2.45, 2.75) is 13.8 Å². The van der Waals surface area contributed by atoms with E-state index in [4.69, 9.17) is 11.6 Å². The first-order valence-corrected chi connectivity index (χ1v) is 7.04. The standard InChI is InChI=1S/C18H16ClN/c1-13-3-6-15(7-4-13)18-12-5-14(2)20(18)17-10-8-16(19)9-11-17/h3-12H,1-2H3. The lowest BCUT2D eigenvalue weighted by Gasteiger charge is -2.12. The molecule has 2 aromatic carbocycles. The monoisotopic (exact) mass is 281 g/mol. The van der Waals surface area contributed by atoms with Crippen LogP contribution in [0.1, 0.15) is 11.3 Å². The first-order chi connectivity index (χ1) is 9.65. The molecule has 0 aliphatic rings. The van der Waals surface area contributed by atoms with Crippen molar-refractivity contribution in [3.63, 3.8) is 0 Å². The lowest BCUT2D eigenvalue weighted by Crippen LogP contribution is -1.98. The maximum Gasteiger partial charge on any atom is 0.0531 e. The van der Waals surface area contributed by atoms with Gasteiger partial charge in [0, 0.05) is 16.4 Å². The van der Waals surface area contributed by atoms with Gasteiger partial charge in [0.2, 0.25) is 0 Å². The third-order valence-corrected chi connectivity index (χ3v) is 3.76. The number of halogens is 1. The Morgan fingerprint density at radius 2 is 1.40 bits per heavy atom. The summed E-state index contributed by atoms with van der Waals surface area (Å²) in [6.07, 6.45) is 0. The molecule has 1 aromatic heterocycles. The molecule has 1 heterocycles. The van der Waals surface area contributed by atoms with Crippen LogP contribution in [-0.4, -0.2) is 4.57 Å². The number of aryl methyl sites for hydroxylation is 2. The van der Waals surface area contributed by atoms with Gasteiger partial charge in [-0.25, -0.2) is 0 Å². The molecule has 1 nitrogen and oxygen atoms in total. The SMILES string of the molecule is Cc1ccc(-c2ccc(C)n2-c2ccc(Cl)cc2)cc1. The highest BCUT2D eigenvalue weighted by Gasteiger charge is 2.09. The number of nitrogens with zero attached hydrogens (tertiary/aromatic N) is 1. The molecule has 0 saturated carbocycles. The van der Waals surface area contributed by atoms with E-state index in [1.807, 2.05) is 24.3 Å². The smallest absolute Gasteiger partial charge is 0.0531 e. The summed E-state index contributed by atoms with van der Waals surface area (Å²) in [6, 6.07) is 20.9. The average molecular weight is 282 g/mol. The van der Waals surface area contributed by atoms with Crippen molar-refractivity contribution < 1.29 is 0 Å². The van der Waals surface area contributed by atoms with Crippen molar-refractivity contribution in [3.8, 4) is 16.9 Å². The quantitative estimate of drug-likeness (QED) is 0.591. The summed E-state index contributed by atoms with van der Waals surface area (Å²) in [5, 5.41) is 0.760. The fourth-order valence-corrected chi connectivity index (χ4v) is 2.55. The van der Waals surface area contributed by atoms with Crippen LogP contribution in [0.3, 0.4) is 0 Å². The van der Waals surface area contributed by atoms with Gasteiger partial charge in [-0.2, -0.15) is 0 Å². The van der Waals surface area contributed by atoms with Crippen molar-refractivity contribution in [3.05, 3.63) is 76.9 Å². The zero-order valence-electron chi connectivity index (χ0n) is 11.6. The van der Waals surface area contributed by atoms with E-state index in [0.29, 0.717) is 0 Å². The van der Waals surface area contributed by atoms with Gasteiger partial charge >= 0.3 is 0 Å². The van der Waals surface area contributed by atoms with Gasteiger partial charge in [-0.05, 0) is 55.8 Å². The van der Waals surface area contributed by atoms with Crippen LogP contribution in [0.5, 0.6) is 0 Å². The molecule has 20 heavy (non-hydrogen) atoms. The molecule has 0 unspecified atom stereocenters. The molecule has 0 saturated heterocycles. The normalized spacial score (nSPS) is 10.8. The number of benzene rings is 2. The first kappa shape index (κ1) is 13.0. The lowest BCUT2D eigenvalue weighted by molar-refractivity contribution is 1.02. The summed E-state index contributed by atoms with van der Waals surface area (Å²) in [6.45, 7) is 4.22. The molecule has 0 amide bonds. The second kappa shape index (κ2) is 5.18. The van der Waals surface area contributed by atoms with E-state index < -0.39 is 0 Å². The molecule has 2 heteroatoms. The number of rotatable bonds is 2. The van der Waals surface area contributed by atoms with Gasteiger partial charge < -0.3 is 4.57 Å². The van der Waals surface area contributed by atoms with Crippen molar-refractivity contribution in [1.82, 2.24) is 4.57 Å². The van der Waals surface area contributed by atoms with E-state index in [0.717, 1.165) is 10.7 Å². The first-order valence-electron chi connectivity index (χ1n) is 6.66. The molecule has 0 aliphatic heterocycles. The zero-order valence-corrected chi connectivity index (χ0v) is 12.4. The maximum absolute atomic E-state index is 5.98. The van der Waals surface area contributed by atoms with Crippen LogP contribution in [0, 0.1) is 13.8 Å². The number of aromatic nitrogens is 1. The van der Waals surface area contributed by atoms with Crippen LogP contribution in [0.2, 0.25) is 5.02 Å². The molecule has 3 rings (SSSR count). The highest BCUT2D eigenvalue weighted by atomic mass is 35.5. The number of hydrogen-bond acceptors (Lipinski definition) is 0. The van der Waals surface area contributed by atoms with Gasteiger partial charge in [-0.15, -0.1) is 0 Å². The van der Waals surface area contributed by atoms with Gasteiger partial charge in [-0.1, -0.05) is 41.4 Å². The summed E-state index contributed by atoms with van der Waals surface area (Å²) < 4.78 is 2.25. The maximum atomic E-state index is 5.98. The summed E-state index contributed by atoms with van der Waals surface area (Å²) in [5.74, 6) is 0. The molecule has 0 N–H and O–H groups in total. The van der Waals surface area contributed by atoms with E-state index in [1.165, 1.54) is 22.5 Å². The van der Waals surface area contributed by atoms with E-state index in [2.05, 4.69) is 54.8 Å². The van der Waals surface area contributed by atoms with E-state index in [-0.39, 0.29) is 0 Å². The largest absolute Gasteiger partial charge is 0.314 e. The topological polar surface area (TPSA) is 4.93 Å². The Bertz CT molecular complexity index is 721. The fraction of sp³-hybridized carbons (Fsp3) is 0.111. The van der Waals surface area contributed by atoms with Gasteiger partial charge in [0.15, 0.2) is 0 Å². The molecule has 0 fully saturated rings. The molecule has 0 spiro atoms. The van der Waals surface area contributed by atoms with Crippen LogP contribution in [-0.2, 0) is 0 Å². The van der Waals surface area contributed by atoms with Crippen molar-refractivity contribution in [1.29, 1.82) is 0 Å². The minimum Gasteiger partial charge on any atom is -0.314 e. The van der Waals surface area contributed by atoms with Gasteiger partial charge in [-0.3, -0.25) is 0 Å². The van der Waals surface area contributed by atoms with Gasteiger partial charge in [0.25, 0.3) is 0 Å². The molecule has 0 atom stereocenters. The Kier molecular flexibility index (Phi) is 3.37. The average Bonchev–Trinajstić information content (AvgIpc) is 2.83. The fourth-order valence-electron chi connectivity index (χ4n) is 2.42. The van der Waals surface area contributed by atoms with Gasteiger partial charge in [0.1, 0.15) is 0 Å². The third kappa shape index (κ3) is 2.37. The van der Waals surface area contributed by atoms with Crippen LogP contribution in [0.4, 0.5) is 0 Å². The third-order valence-electron chi connectivity index (χ3n) is 3.51. The van der Waals surface area contributed by atoms with Gasteiger partial charge in [0.05, 0.1) is 5.69 Å². The minimum absolute atomic E-state index is 0.760. The highest BCUT2D eigenvalue weighted by molar-refractivity contribution is 6.30. The molecule has 0 radical (unpaired) electrons. The summed E-state index contributed by atoms with van der Waals surface area (Å²) in [7, 11) is 0. The minimum atomic E-state index is 0.760. The van der Waals surface area contributed by atoms with Crippen molar-refractivity contribution in [2.24, 2.45) is 0 Å². The van der Waals surface area contributed by atoms with Crippen LogP contribution in [0.25, 0.3) is 16.9 Å². The highest BCUT2D eigenvalue weighted by Crippen LogP contribution is 2.27. The predicted octanol–water partition coefficient (Wildman–Crippen LogP) is 5.41. The zero-order chi connectivity index (χ0) is 14.1. The molecule has 0 aliphatic carbocycles. The molecule has 100 valence electrons. The van der Waals surface area contributed by atoms with Crippen LogP contribution < -0.4 is 0 Å². The summed E-state index contributed by atoms with van der Waals surface area (Å²) >= 11 is 5.98. The van der Waals surface area contributed by atoms with E-state index >= 15 is 0 Å².